The van der Waals surface area contributed by atoms with E-state index in [1.54, 1.807) is 16.0 Å². The number of hydrogen-bond acceptors (Lipinski definition) is 6. The fourth-order valence-corrected chi connectivity index (χ4v) is 3.92. The van der Waals surface area contributed by atoms with Gasteiger partial charge in [-0.3, -0.25) is 9.59 Å². The second-order valence-electron chi connectivity index (χ2n) is 6.98. The number of amides is 2. The predicted molar refractivity (Wildman–Crippen MR) is 102 cm³/mol. The first-order valence-corrected chi connectivity index (χ1v) is 9.43. The van der Waals surface area contributed by atoms with Gasteiger partial charge in [-0.15, -0.1) is 0 Å². The number of aromatic nitrogens is 2. The Morgan fingerprint density at radius 2 is 2.11 bits per heavy atom. The van der Waals surface area contributed by atoms with Crippen LogP contribution in [0.5, 0.6) is 0 Å². The van der Waals surface area contributed by atoms with Gasteiger partial charge < -0.3 is 20.3 Å². The molecule has 2 aromatic rings. The number of ether oxygens (including phenoxy) is 1. The summed E-state index contributed by atoms with van der Waals surface area (Å²) < 4.78 is 5.78. The lowest BCUT2D eigenvalue weighted by Gasteiger charge is -2.42. The SMILES string of the molecule is CCN1C(=O)CO[C@H](C(=O)N2CCc3cnc(N)nc3C2)[C@H]1c1ccccc1. The summed E-state index contributed by atoms with van der Waals surface area (Å²) in [5, 5.41) is 0. The summed E-state index contributed by atoms with van der Waals surface area (Å²) in [5.41, 5.74) is 8.36. The normalized spacial score (nSPS) is 22.1. The molecular weight excluding hydrogens is 358 g/mol. The fourth-order valence-electron chi connectivity index (χ4n) is 3.92. The summed E-state index contributed by atoms with van der Waals surface area (Å²) in [6, 6.07) is 9.12. The minimum Gasteiger partial charge on any atom is -0.368 e. The Kier molecular flexibility index (Phi) is 4.95. The second kappa shape index (κ2) is 7.55. The van der Waals surface area contributed by atoms with Crippen molar-refractivity contribution in [1.82, 2.24) is 19.8 Å². The lowest BCUT2D eigenvalue weighted by molar-refractivity contribution is -0.169. The molecule has 0 radical (unpaired) electrons. The minimum absolute atomic E-state index is 0.0902. The van der Waals surface area contributed by atoms with E-state index in [4.69, 9.17) is 10.5 Å². The molecule has 8 nitrogen and oxygen atoms in total. The van der Waals surface area contributed by atoms with Crippen molar-refractivity contribution < 1.29 is 14.3 Å². The number of carbonyl (C=O) groups excluding carboxylic acids is 2. The summed E-state index contributed by atoms with van der Waals surface area (Å²) in [4.78, 5) is 37.6. The molecule has 28 heavy (non-hydrogen) atoms. The van der Waals surface area contributed by atoms with Gasteiger partial charge in [0.1, 0.15) is 6.61 Å². The number of likely N-dealkylation sites (N-methyl/N-ethyl adjacent to an activating group) is 1. The van der Waals surface area contributed by atoms with Gasteiger partial charge in [-0.25, -0.2) is 9.97 Å². The van der Waals surface area contributed by atoms with E-state index in [0.717, 1.165) is 16.8 Å². The third-order valence-corrected chi connectivity index (χ3v) is 5.33. The highest BCUT2D eigenvalue weighted by Crippen LogP contribution is 2.32. The van der Waals surface area contributed by atoms with Crippen LogP contribution in [0.15, 0.2) is 36.5 Å². The molecule has 4 rings (SSSR count). The van der Waals surface area contributed by atoms with Gasteiger partial charge in [0.2, 0.25) is 11.9 Å². The number of morpholine rings is 1. The smallest absolute Gasteiger partial charge is 0.254 e. The Morgan fingerprint density at radius 3 is 2.86 bits per heavy atom. The maximum absolute atomic E-state index is 13.4. The Balaban J connectivity index is 1.62. The molecule has 0 saturated carbocycles. The Bertz CT molecular complexity index is 889. The van der Waals surface area contributed by atoms with Gasteiger partial charge in [0, 0.05) is 19.3 Å². The first-order chi connectivity index (χ1) is 13.6. The molecule has 0 spiro atoms. The molecule has 2 aliphatic heterocycles. The molecule has 2 N–H and O–H groups in total. The van der Waals surface area contributed by atoms with Crippen LogP contribution in [0.2, 0.25) is 0 Å². The Hall–Kier alpha value is -3.00. The van der Waals surface area contributed by atoms with Crippen molar-refractivity contribution in [3.63, 3.8) is 0 Å². The Labute approximate surface area is 163 Å². The molecule has 1 aromatic heterocycles. The number of benzene rings is 1. The number of fused-ring (bicyclic) bond motifs is 1. The zero-order valence-electron chi connectivity index (χ0n) is 15.7. The molecule has 1 saturated heterocycles. The maximum atomic E-state index is 13.4. The molecule has 0 bridgehead atoms. The summed E-state index contributed by atoms with van der Waals surface area (Å²) in [7, 11) is 0. The molecular formula is C20H23N5O3. The fraction of sp³-hybridized carbons (Fsp3) is 0.400. The van der Waals surface area contributed by atoms with E-state index >= 15 is 0 Å². The van der Waals surface area contributed by atoms with Gasteiger partial charge in [0.05, 0.1) is 18.3 Å². The quantitative estimate of drug-likeness (QED) is 0.849. The van der Waals surface area contributed by atoms with E-state index in [9.17, 15) is 9.59 Å². The van der Waals surface area contributed by atoms with E-state index in [0.29, 0.717) is 26.1 Å². The van der Waals surface area contributed by atoms with Crippen LogP contribution in [-0.2, 0) is 27.3 Å². The molecule has 1 fully saturated rings. The van der Waals surface area contributed by atoms with Crippen molar-refractivity contribution in [1.29, 1.82) is 0 Å². The molecule has 2 atom stereocenters. The van der Waals surface area contributed by atoms with Crippen molar-refractivity contribution in [2.24, 2.45) is 0 Å². The van der Waals surface area contributed by atoms with Gasteiger partial charge in [0.15, 0.2) is 6.10 Å². The van der Waals surface area contributed by atoms with Crippen molar-refractivity contribution in [2.75, 3.05) is 25.4 Å². The van der Waals surface area contributed by atoms with Crippen LogP contribution in [0.3, 0.4) is 0 Å². The summed E-state index contributed by atoms with van der Waals surface area (Å²) >= 11 is 0. The van der Waals surface area contributed by atoms with E-state index in [2.05, 4.69) is 9.97 Å². The molecule has 8 heteroatoms. The average Bonchev–Trinajstić information content (AvgIpc) is 2.73. The summed E-state index contributed by atoms with van der Waals surface area (Å²) in [5.74, 6) is -0.0422. The molecule has 1 aromatic carbocycles. The van der Waals surface area contributed by atoms with E-state index in [1.807, 2.05) is 37.3 Å². The van der Waals surface area contributed by atoms with Gasteiger partial charge in [-0.2, -0.15) is 0 Å². The summed E-state index contributed by atoms with van der Waals surface area (Å²) in [6.07, 6.45) is 1.64. The van der Waals surface area contributed by atoms with Gasteiger partial charge in [0.25, 0.3) is 5.91 Å². The summed E-state index contributed by atoms with van der Waals surface area (Å²) in [6.45, 7) is 3.26. The highest BCUT2D eigenvalue weighted by Gasteiger charge is 2.43. The third-order valence-electron chi connectivity index (χ3n) is 5.33. The minimum atomic E-state index is -0.749. The lowest BCUT2D eigenvalue weighted by atomic mass is 9.96. The lowest BCUT2D eigenvalue weighted by Crippen LogP contribution is -2.55. The maximum Gasteiger partial charge on any atom is 0.254 e. The molecule has 2 amide bonds. The van der Waals surface area contributed by atoms with Crippen LogP contribution in [0.25, 0.3) is 0 Å². The molecule has 2 aliphatic rings. The predicted octanol–water partition coefficient (Wildman–Crippen LogP) is 0.932. The number of rotatable bonds is 3. The van der Waals surface area contributed by atoms with Crippen LogP contribution in [0, 0.1) is 0 Å². The largest absolute Gasteiger partial charge is 0.368 e. The van der Waals surface area contributed by atoms with Crippen LogP contribution in [0.4, 0.5) is 5.95 Å². The number of hydrogen-bond donors (Lipinski definition) is 1. The zero-order chi connectivity index (χ0) is 19.7. The Morgan fingerprint density at radius 1 is 1.32 bits per heavy atom. The first-order valence-electron chi connectivity index (χ1n) is 9.43. The third kappa shape index (κ3) is 3.31. The number of anilines is 1. The van der Waals surface area contributed by atoms with Crippen molar-refractivity contribution in [3.05, 3.63) is 53.3 Å². The topological polar surface area (TPSA) is 102 Å². The number of carbonyl (C=O) groups is 2. The van der Waals surface area contributed by atoms with Crippen molar-refractivity contribution >= 4 is 17.8 Å². The van der Waals surface area contributed by atoms with Crippen molar-refractivity contribution in [2.45, 2.75) is 32.0 Å². The molecule has 3 heterocycles. The van der Waals surface area contributed by atoms with Crippen molar-refractivity contribution in [3.8, 4) is 0 Å². The van der Waals surface area contributed by atoms with E-state index in [-0.39, 0.29) is 24.4 Å². The number of nitrogens with two attached hydrogens (primary N) is 1. The van der Waals surface area contributed by atoms with Gasteiger partial charge in [-0.1, -0.05) is 30.3 Å². The number of nitrogen functional groups attached to an aromatic ring is 1. The van der Waals surface area contributed by atoms with E-state index in [1.165, 1.54) is 0 Å². The molecule has 0 unspecified atom stereocenters. The standard InChI is InChI=1S/C20H23N5O3/c1-2-25-16(26)12-28-18(17(25)13-6-4-3-5-7-13)19(27)24-9-8-14-10-22-20(21)23-15(14)11-24/h3-7,10,17-18H,2,8-9,11-12H2,1H3,(H2,21,22,23)/t17-,18+/m1/s1. The zero-order valence-corrected chi connectivity index (χ0v) is 15.7. The molecule has 0 aliphatic carbocycles. The second-order valence-corrected chi connectivity index (χ2v) is 6.98. The number of nitrogens with zero attached hydrogens (tertiary/aromatic N) is 4. The van der Waals surface area contributed by atoms with Crippen LogP contribution in [-0.4, -0.2) is 57.4 Å². The first kappa shape index (κ1) is 18.4. The highest BCUT2D eigenvalue weighted by molar-refractivity contribution is 5.86. The molecule has 146 valence electrons. The average molecular weight is 381 g/mol. The van der Waals surface area contributed by atoms with Crippen LogP contribution in [0.1, 0.15) is 29.8 Å². The highest BCUT2D eigenvalue weighted by atomic mass is 16.5. The van der Waals surface area contributed by atoms with Crippen LogP contribution < -0.4 is 5.73 Å². The van der Waals surface area contributed by atoms with Gasteiger partial charge in [-0.05, 0) is 24.5 Å². The van der Waals surface area contributed by atoms with Gasteiger partial charge >= 0.3 is 0 Å². The van der Waals surface area contributed by atoms with Crippen LogP contribution >= 0.6 is 0 Å². The van der Waals surface area contributed by atoms with E-state index < -0.39 is 12.1 Å². The monoisotopic (exact) mass is 381 g/mol.